The summed E-state index contributed by atoms with van der Waals surface area (Å²) in [7, 11) is 0. The third kappa shape index (κ3) is 1.71. The molecule has 17 heavy (non-hydrogen) atoms. The highest BCUT2D eigenvalue weighted by atomic mass is 19.1. The molecule has 3 nitrogen and oxygen atoms in total. The molecule has 0 aromatic heterocycles. The Kier molecular flexibility index (Phi) is 2.49. The standard InChI is InChI=1S/C12H11F2NO2/c1-6-3-9(14)7(4-8(6)13)12(2)5-10(16)15-11(12)17/h3-4H,5H2,1-2H3,(H,15,16,17). The van der Waals surface area contributed by atoms with Crippen LogP contribution in [0, 0.1) is 18.6 Å². The number of halogens is 2. The lowest BCUT2D eigenvalue weighted by Crippen LogP contribution is -2.33. The Hall–Kier alpha value is -1.78. The van der Waals surface area contributed by atoms with Gasteiger partial charge in [-0.15, -0.1) is 0 Å². The predicted octanol–water partition coefficient (Wildman–Crippen LogP) is 1.58. The quantitative estimate of drug-likeness (QED) is 0.756. The van der Waals surface area contributed by atoms with E-state index in [1.165, 1.54) is 13.8 Å². The fraction of sp³-hybridized carbons (Fsp3) is 0.333. The lowest BCUT2D eigenvalue weighted by Gasteiger charge is -2.21. The molecule has 1 saturated heterocycles. The van der Waals surface area contributed by atoms with Gasteiger partial charge in [0.25, 0.3) is 0 Å². The van der Waals surface area contributed by atoms with Gasteiger partial charge in [-0.2, -0.15) is 0 Å². The van der Waals surface area contributed by atoms with Crippen molar-refractivity contribution in [1.82, 2.24) is 5.32 Å². The van der Waals surface area contributed by atoms with Crippen LogP contribution in [-0.2, 0) is 15.0 Å². The van der Waals surface area contributed by atoms with Gasteiger partial charge in [0.15, 0.2) is 0 Å². The summed E-state index contributed by atoms with van der Waals surface area (Å²) < 4.78 is 27.2. The van der Waals surface area contributed by atoms with Crippen LogP contribution in [0.1, 0.15) is 24.5 Å². The van der Waals surface area contributed by atoms with Crippen LogP contribution in [0.15, 0.2) is 12.1 Å². The first kappa shape index (κ1) is 11.7. The summed E-state index contributed by atoms with van der Waals surface area (Å²) in [6.45, 7) is 2.87. The number of hydrogen-bond donors (Lipinski definition) is 1. The van der Waals surface area contributed by atoms with Gasteiger partial charge in [0.05, 0.1) is 5.41 Å². The second kappa shape index (κ2) is 3.61. The van der Waals surface area contributed by atoms with E-state index in [9.17, 15) is 18.4 Å². The van der Waals surface area contributed by atoms with Crippen molar-refractivity contribution >= 4 is 11.8 Å². The molecule has 2 amide bonds. The molecule has 1 aliphatic heterocycles. The van der Waals surface area contributed by atoms with Crippen molar-refractivity contribution in [2.45, 2.75) is 25.7 Å². The van der Waals surface area contributed by atoms with E-state index in [1.807, 2.05) is 0 Å². The van der Waals surface area contributed by atoms with Gasteiger partial charge in [-0.1, -0.05) is 0 Å². The van der Waals surface area contributed by atoms with Crippen LogP contribution in [-0.4, -0.2) is 11.8 Å². The molecule has 0 saturated carbocycles. The molecule has 1 heterocycles. The highest BCUT2D eigenvalue weighted by Crippen LogP contribution is 2.34. The molecule has 1 fully saturated rings. The molecule has 1 unspecified atom stereocenters. The summed E-state index contributed by atoms with van der Waals surface area (Å²) in [5, 5.41) is 2.10. The Labute approximate surface area is 96.8 Å². The minimum absolute atomic E-state index is 0.0797. The summed E-state index contributed by atoms with van der Waals surface area (Å²) >= 11 is 0. The molecular weight excluding hydrogens is 228 g/mol. The second-order valence-corrected chi connectivity index (χ2v) is 4.47. The van der Waals surface area contributed by atoms with Crippen LogP contribution in [0.5, 0.6) is 0 Å². The first-order valence-corrected chi connectivity index (χ1v) is 5.15. The van der Waals surface area contributed by atoms with Gasteiger partial charge in [0, 0.05) is 12.0 Å². The summed E-state index contributed by atoms with van der Waals surface area (Å²) in [5.74, 6) is -2.33. The van der Waals surface area contributed by atoms with Crippen LogP contribution >= 0.6 is 0 Å². The third-order valence-corrected chi connectivity index (χ3v) is 3.11. The summed E-state index contributed by atoms with van der Waals surface area (Å²) in [6, 6.07) is 2.02. The molecule has 5 heteroatoms. The molecule has 1 aliphatic rings. The maximum absolute atomic E-state index is 13.8. The van der Waals surface area contributed by atoms with Gasteiger partial charge < -0.3 is 0 Å². The van der Waals surface area contributed by atoms with Gasteiger partial charge >= 0.3 is 0 Å². The number of amides is 2. The Morgan fingerprint density at radius 1 is 1.24 bits per heavy atom. The molecule has 0 bridgehead atoms. The molecule has 0 spiro atoms. The van der Waals surface area contributed by atoms with Gasteiger partial charge in [-0.05, 0) is 31.5 Å². The van der Waals surface area contributed by atoms with Gasteiger partial charge in [-0.3, -0.25) is 14.9 Å². The van der Waals surface area contributed by atoms with Crippen molar-refractivity contribution in [2.75, 3.05) is 0 Å². The van der Waals surface area contributed by atoms with E-state index in [-0.39, 0.29) is 17.5 Å². The SMILES string of the molecule is Cc1cc(F)c(C2(C)CC(=O)NC2=O)cc1F. The summed E-state index contributed by atoms with van der Waals surface area (Å²) in [6.07, 6.45) is -0.161. The second-order valence-electron chi connectivity index (χ2n) is 4.47. The van der Waals surface area contributed by atoms with Crippen molar-refractivity contribution in [3.63, 3.8) is 0 Å². The Bertz CT molecular complexity index is 527. The monoisotopic (exact) mass is 239 g/mol. The molecule has 0 aliphatic carbocycles. The number of benzene rings is 1. The maximum Gasteiger partial charge on any atom is 0.237 e. The Morgan fingerprint density at radius 2 is 1.88 bits per heavy atom. The Morgan fingerprint density at radius 3 is 2.41 bits per heavy atom. The van der Waals surface area contributed by atoms with Gasteiger partial charge in [0.2, 0.25) is 11.8 Å². The number of rotatable bonds is 1. The third-order valence-electron chi connectivity index (χ3n) is 3.11. The van der Waals surface area contributed by atoms with Crippen molar-refractivity contribution in [3.05, 3.63) is 34.9 Å². The fourth-order valence-corrected chi connectivity index (χ4v) is 2.00. The highest BCUT2D eigenvalue weighted by Gasteiger charge is 2.45. The van der Waals surface area contributed by atoms with Crippen LogP contribution in [0.25, 0.3) is 0 Å². The minimum Gasteiger partial charge on any atom is -0.296 e. The van der Waals surface area contributed by atoms with E-state index in [0.717, 1.165) is 12.1 Å². The topological polar surface area (TPSA) is 46.2 Å². The number of hydrogen-bond acceptors (Lipinski definition) is 2. The Balaban J connectivity index is 2.58. The predicted molar refractivity (Wildman–Crippen MR) is 56.2 cm³/mol. The van der Waals surface area contributed by atoms with Crippen molar-refractivity contribution in [3.8, 4) is 0 Å². The fourth-order valence-electron chi connectivity index (χ4n) is 2.00. The number of carbonyl (C=O) groups is 2. The van der Waals surface area contributed by atoms with Crippen molar-refractivity contribution in [1.29, 1.82) is 0 Å². The maximum atomic E-state index is 13.8. The van der Waals surface area contributed by atoms with E-state index in [4.69, 9.17) is 0 Å². The first-order valence-electron chi connectivity index (χ1n) is 5.15. The first-order chi connectivity index (χ1) is 7.84. The summed E-state index contributed by atoms with van der Waals surface area (Å²) in [5.41, 5.74) is -1.24. The molecule has 0 radical (unpaired) electrons. The normalized spacial score (nSPS) is 24.0. The lowest BCUT2D eigenvalue weighted by atomic mass is 9.80. The molecule has 2 rings (SSSR count). The lowest BCUT2D eigenvalue weighted by molar-refractivity contribution is -0.126. The zero-order chi connectivity index (χ0) is 12.8. The van der Waals surface area contributed by atoms with E-state index in [1.54, 1.807) is 0 Å². The zero-order valence-electron chi connectivity index (χ0n) is 9.43. The van der Waals surface area contributed by atoms with E-state index in [0.29, 0.717) is 0 Å². The molecule has 1 atom stereocenters. The van der Waals surface area contributed by atoms with Crippen molar-refractivity contribution < 1.29 is 18.4 Å². The number of carbonyl (C=O) groups excluding carboxylic acids is 2. The van der Waals surface area contributed by atoms with Crippen LogP contribution < -0.4 is 5.32 Å². The zero-order valence-corrected chi connectivity index (χ0v) is 9.43. The van der Waals surface area contributed by atoms with E-state index in [2.05, 4.69) is 5.32 Å². The summed E-state index contributed by atoms with van der Waals surface area (Å²) in [4.78, 5) is 22.8. The molecule has 90 valence electrons. The van der Waals surface area contributed by atoms with Gasteiger partial charge in [-0.25, -0.2) is 8.78 Å². The highest BCUT2D eigenvalue weighted by molar-refractivity contribution is 6.08. The van der Waals surface area contributed by atoms with Crippen LogP contribution in [0.3, 0.4) is 0 Å². The van der Waals surface area contributed by atoms with Crippen LogP contribution in [0.2, 0.25) is 0 Å². The number of imide groups is 1. The van der Waals surface area contributed by atoms with Crippen LogP contribution in [0.4, 0.5) is 8.78 Å². The average Bonchev–Trinajstić information content (AvgIpc) is 2.47. The largest absolute Gasteiger partial charge is 0.296 e. The molecule has 1 aromatic rings. The molecule has 1 N–H and O–H groups in total. The van der Waals surface area contributed by atoms with Crippen molar-refractivity contribution in [2.24, 2.45) is 0 Å². The minimum atomic E-state index is -1.32. The smallest absolute Gasteiger partial charge is 0.237 e. The van der Waals surface area contributed by atoms with E-state index < -0.39 is 28.9 Å². The van der Waals surface area contributed by atoms with E-state index >= 15 is 0 Å². The average molecular weight is 239 g/mol. The van der Waals surface area contributed by atoms with Gasteiger partial charge in [0.1, 0.15) is 11.6 Å². The number of nitrogens with one attached hydrogen (secondary N) is 1. The molecule has 1 aromatic carbocycles. The molecular formula is C12H11F2NO2. The number of aryl methyl sites for hydroxylation is 1.